The van der Waals surface area contributed by atoms with Gasteiger partial charge in [0.15, 0.2) is 0 Å². The molecule has 0 N–H and O–H groups in total. The molecule has 1 saturated carbocycles. The van der Waals surface area contributed by atoms with E-state index >= 15 is 0 Å². The molecule has 1 aliphatic carbocycles. The summed E-state index contributed by atoms with van der Waals surface area (Å²) >= 11 is 5.91. The van der Waals surface area contributed by atoms with Gasteiger partial charge in [-0.15, -0.1) is 0 Å². The van der Waals surface area contributed by atoms with Crippen LogP contribution in [0, 0.1) is 22.7 Å². The molecule has 138 valence electrons. The number of carbonyl (C=O) groups excluding carboxylic acids is 1. The summed E-state index contributed by atoms with van der Waals surface area (Å²) in [6.45, 7) is 1.72. The monoisotopic (exact) mass is 375 g/mol. The topological polar surface area (TPSA) is 75.5 Å². The smallest absolute Gasteiger partial charge is 0.243 e. The number of fused-ring (bicyclic) bond motifs is 1. The van der Waals surface area contributed by atoms with Crippen LogP contribution in [0.2, 0.25) is 5.02 Å². The van der Waals surface area contributed by atoms with Crippen molar-refractivity contribution in [3.63, 3.8) is 0 Å². The third-order valence-electron chi connectivity index (χ3n) is 5.80. The van der Waals surface area contributed by atoms with E-state index in [0.717, 1.165) is 19.3 Å². The Morgan fingerprint density at radius 2 is 2.23 bits per heavy atom. The fraction of sp³-hybridized carbons (Fsp3) is 0.632. The SMILES string of the molecule is N#CC1(C(=O)N2C[C@@H]3C[C@@H](COc4cncc(Cl)c4)O[C@@H]3C2)CCCC1. The zero-order valence-corrected chi connectivity index (χ0v) is 15.3. The largest absolute Gasteiger partial charge is 0.489 e. The molecule has 6 nitrogen and oxygen atoms in total. The van der Waals surface area contributed by atoms with Crippen LogP contribution in [0.15, 0.2) is 18.5 Å². The van der Waals surface area contributed by atoms with Gasteiger partial charge in [0.1, 0.15) is 17.8 Å². The van der Waals surface area contributed by atoms with E-state index in [0.29, 0.717) is 49.2 Å². The maximum absolute atomic E-state index is 12.9. The van der Waals surface area contributed by atoms with Crippen molar-refractivity contribution < 1.29 is 14.3 Å². The molecular weight excluding hydrogens is 354 g/mol. The molecule has 0 bridgehead atoms. The number of pyridine rings is 1. The van der Waals surface area contributed by atoms with Gasteiger partial charge in [0.05, 0.1) is 29.5 Å². The van der Waals surface area contributed by atoms with E-state index in [1.807, 2.05) is 4.90 Å². The zero-order chi connectivity index (χ0) is 18.1. The molecule has 3 heterocycles. The Kier molecular flexibility index (Phi) is 4.76. The molecule has 0 aromatic carbocycles. The number of amides is 1. The van der Waals surface area contributed by atoms with Gasteiger partial charge in [-0.2, -0.15) is 5.26 Å². The highest BCUT2D eigenvalue weighted by Gasteiger charge is 2.49. The first-order valence-corrected chi connectivity index (χ1v) is 9.57. The van der Waals surface area contributed by atoms with E-state index < -0.39 is 5.41 Å². The molecule has 3 aliphatic rings. The second-order valence-electron chi connectivity index (χ2n) is 7.55. The molecule has 4 rings (SSSR count). The third kappa shape index (κ3) is 3.26. The highest BCUT2D eigenvalue weighted by Crippen LogP contribution is 2.42. The van der Waals surface area contributed by atoms with E-state index in [1.54, 1.807) is 18.5 Å². The highest BCUT2D eigenvalue weighted by atomic mass is 35.5. The number of carbonyl (C=O) groups is 1. The fourth-order valence-electron chi connectivity index (χ4n) is 4.45. The summed E-state index contributed by atoms with van der Waals surface area (Å²) in [5.41, 5.74) is -0.791. The lowest BCUT2D eigenvalue weighted by atomic mass is 9.86. The summed E-state index contributed by atoms with van der Waals surface area (Å²) in [6.07, 6.45) is 7.43. The van der Waals surface area contributed by atoms with E-state index in [4.69, 9.17) is 21.1 Å². The molecule has 0 unspecified atom stereocenters. The molecule has 7 heteroatoms. The number of ether oxygens (including phenoxy) is 2. The van der Waals surface area contributed by atoms with Crippen LogP contribution in [0.5, 0.6) is 5.75 Å². The number of nitrogens with zero attached hydrogens (tertiary/aromatic N) is 3. The summed E-state index contributed by atoms with van der Waals surface area (Å²) in [7, 11) is 0. The molecule has 2 aliphatic heterocycles. The first-order chi connectivity index (χ1) is 12.6. The van der Waals surface area contributed by atoms with Gasteiger partial charge in [0.25, 0.3) is 0 Å². The molecule has 26 heavy (non-hydrogen) atoms. The van der Waals surface area contributed by atoms with Crippen LogP contribution in [-0.2, 0) is 9.53 Å². The van der Waals surface area contributed by atoms with Gasteiger partial charge in [0, 0.05) is 31.3 Å². The molecule has 3 fully saturated rings. The van der Waals surface area contributed by atoms with Gasteiger partial charge in [-0.25, -0.2) is 0 Å². The first-order valence-electron chi connectivity index (χ1n) is 9.19. The van der Waals surface area contributed by atoms with Crippen LogP contribution in [0.1, 0.15) is 32.1 Å². The Balaban J connectivity index is 1.30. The predicted molar refractivity (Wildman–Crippen MR) is 94.6 cm³/mol. The molecule has 0 radical (unpaired) electrons. The van der Waals surface area contributed by atoms with Crippen molar-refractivity contribution in [1.82, 2.24) is 9.88 Å². The van der Waals surface area contributed by atoms with Crippen molar-refractivity contribution in [3.8, 4) is 11.8 Å². The summed E-state index contributed by atoms with van der Waals surface area (Å²) in [6, 6.07) is 4.03. The number of rotatable bonds is 4. The standard InChI is InChI=1S/C19H22ClN3O3/c20-14-6-15(8-22-7-14)25-11-16-5-13-9-23(10-17(13)26-16)18(24)19(12-21)3-1-2-4-19/h6-8,13,16-17H,1-5,9-11H2/t13-,16-,17+/m0/s1. The molecule has 1 aromatic rings. The first kappa shape index (κ1) is 17.6. The number of hydrogen-bond acceptors (Lipinski definition) is 5. The number of nitriles is 1. The minimum atomic E-state index is -0.791. The Bertz CT molecular complexity index is 715. The van der Waals surface area contributed by atoms with Crippen LogP contribution >= 0.6 is 11.6 Å². The van der Waals surface area contributed by atoms with E-state index in [9.17, 15) is 10.1 Å². The van der Waals surface area contributed by atoms with Gasteiger partial charge in [-0.1, -0.05) is 24.4 Å². The van der Waals surface area contributed by atoms with Crippen molar-refractivity contribution in [2.24, 2.45) is 11.3 Å². The molecule has 1 aromatic heterocycles. The fourth-order valence-corrected chi connectivity index (χ4v) is 4.61. The quantitative estimate of drug-likeness (QED) is 0.808. The summed E-state index contributed by atoms with van der Waals surface area (Å²) in [5.74, 6) is 0.961. The maximum atomic E-state index is 12.9. The average molecular weight is 376 g/mol. The van der Waals surface area contributed by atoms with Gasteiger partial charge in [0.2, 0.25) is 5.91 Å². The Labute approximate surface area is 158 Å². The number of hydrogen-bond donors (Lipinski definition) is 0. The molecule has 0 spiro atoms. The minimum absolute atomic E-state index is 0.00769. The minimum Gasteiger partial charge on any atom is -0.489 e. The predicted octanol–water partition coefficient (Wildman–Crippen LogP) is 2.81. The summed E-state index contributed by atoms with van der Waals surface area (Å²) in [5, 5.41) is 10.1. The zero-order valence-electron chi connectivity index (χ0n) is 14.6. The van der Waals surface area contributed by atoms with Crippen molar-refractivity contribution in [2.75, 3.05) is 19.7 Å². The maximum Gasteiger partial charge on any atom is 0.243 e. The molecule has 2 saturated heterocycles. The van der Waals surface area contributed by atoms with Gasteiger partial charge >= 0.3 is 0 Å². The third-order valence-corrected chi connectivity index (χ3v) is 6.00. The van der Waals surface area contributed by atoms with Crippen molar-refractivity contribution in [3.05, 3.63) is 23.5 Å². The Morgan fingerprint density at radius 1 is 1.42 bits per heavy atom. The highest BCUT2D eigenvalue weighted by molar-refractivity contribution is 6.30. The molecule has 1 amide bonds. The lowest BCUT2D eigenvalue weighted by Crippen LogP contribution is -2.42. The van der Waals surface area contributed by atoms with Crippen LogP contribution in [0.4, 0.5) is 0 Å². The number of aromatic nitrogens is 1. The lowest BCUT2D eigenvalue weighted by molar-refractivity contribution is -0.138. The number of likely N-dealkylation sites (tertiary alicyclic amines) is 1. The van der Waals surface area contributed by atoms with Crippen LogP contribution < -0.4 is 4.74 Å². The van der Waals surface area contributed by atoms with Crippen molar-refractivity contribution in [2.45, 2.75) is 44.3 Å². The van der Waals surface area contributed by atoms with Gasteiger partial charge in [-0.3, -0.25) is 9.78 Å². The number of halogens is 1. The Hall–Kier alpha value is -1.84. The van der Waals surface area contributed by atoms with Crippen molar-refractivity contribution in [1.29, 1.82) is 5.26 Å². The normalized spacial score (nSPS) is 29.4. The van der Waals surface area contributed by atoms with Crippen LogP contribution in [0.25, 0.3) is 0 Å². The average Bonchev–Trinajstić information content (AvgIpc) is 3.34. The second-order valence-corrected chi connectivity index (χ2v) is 7.99. The van der Waals surface area contributed by atoms with E-state index in [2.05, 4.69) is 11.1 Å². The molecule has 3 atom stereocenters. The summed E-state index contributed by atoms with van der Waals surface area (Å²) in [4.78, 5) is 18.7. The van der Waals surface area contributed by atoms with Crippen molar-refractivity contribution >= 4 is 17.5 Å². The molecular formula is C19H22ClN3O3. The van der Waals surface area contributed by atoms with Gasteiger partial charge < -0.3 is 14.4 Å². The second kappa shape index (κ2) is 7.05. The lowest BCUT2D eigenvalue weighted by Gasteiger charge is -2.27. The Morgan fingerprint density at radius 3 is 2.92 bits per heavy atom. The summed E-state index contributed by atoms with van der Waals surface area (Å²) < 4.78 is 11.8. The van der Waals surface area contributed by atoms with Crippen LogP contribution in [-0.4, -0.2) is 47.7 Å². The van der Waals surface area contributed by atoms with Gasteiger partial charge in [-0.05, 0) is 19.3 Å². The van der Waals surface area contributed by atoms with Crippen LogP contribution in [0.3, 0.4) is 0 Å². The van der Waals surface area contributed by atoms with E-state index in [-0.39, 0.29) is 18.1 Å². The van der Waals surface area contributed by atoms with E-state index in [1.165, 1.54) is 0 Å².